The zero-order valence-electron chi connectivity index (χ0n) is 14.1. The Morgan fingerprint density at radius 1 is 0.350 bits per heavy atom. The summed E-state index contributed by atoms with van der Waals surface area (Å²) in [6, 6.07) is 0. The highest BCUT2D eigenvalue weighted by atomic mass is 14.8. The van der Waals surface area contributed by atoms with E-state index in [1.54, 1.807) is 38.5 Å². The number of hydrogen-bond donors (Lipinski definition) is 0. The Balaban J connectivity index is 1.16. The predicted octanol–water partition coefficient (Wildman–Crippen LogP) is 5.95. The minimum atomic E-state index is 0.682. The van der Waals surface area contributed by atoms with Gasteiger partial charge < -0.3 is 0 Å². The molecule has 0 heterocycles. The maximum Gasteiger partial charge on any atom is -0.0276 e. The molecule has 0 aromatic rings. The molecular formula is C20H32. The molecule has 0 aliphatic heterocycles. The Bertz CT molecular complexity index is 406. The van der Waals surface area contributed by atoms with Crippen LogP contribution in [-0.2, 0) is 0 Å². The van der Waals surface area contributed by atoms with Gasteiger partial charge >= 0.3 is 0 Å². The molecular weight excluding hydrogens is 240 g/mol. The third-order valence-corrected chi connectivity index (χ3v) is 7.91. The van der Waals surface area contributed by atoms with Crippen molar-refractivity contribution in [2.24, 2.45) is 32.5 Å². The molecule has 0 nitrogen and oxygen atoms in total. The van der Waals surface area contributed by atoms with Crippen LogP contribution in [-0.4, -0.2) is 0 Å². The summed E-state index contributed by atoms with van der Waals surface area (Å²) in [7, 11) is 0. The highest BCUT2D eigenvalue weighted by molar-refractivity contribution is 5.24. The van der Waals surface area contributed by atoms with E-state index in [4.69, 9.17) is 0 Å². The van der Waals surface area contributed by atoms with Gasteiger partial charge in [0.1, 0.15) is 0 Å². The van der Waals surface area contributed by atoms with Gasteiger partial charge in [0.25, 0.3) is 0 Å². The van der Waals surface area contributed by atoms with E-state index in [-0.39, 0.29) is 0 Å². The van der Waals surface area contributed by atoms with Crippen LogP contribution in [0.25, 0.3) is 0 Å². The SMILES string of the molecule is CC1(C)CC2(C1)CC1(C2)CC2(CC3(CC(C)(C)C3)C2)C1. The molecule has 20 heavy (non-hydrogen) atoms. The van der Waals surface area contributed by atoms with Gasteiger partial charge in [-0.1, -0.05) is 27.7 Å². The lowest BCUT2D eigenvalue weighted by atomic mass is 9.26. The maximum absolute atomic E-state index is 2.47. The average Bonchev–Trinajstić information content (AvgIpc) is 2.02. The molecule has 0 radical (unpaired) electrons. The minimum absolute atomic E-state index is 0.682. The van der Waals surface area contributed by atoms with Crippen molar-refractivity contribution in [2.75, 3.05) is 0 Å². The zero-order chi connectivity index (χ0) is 14.1. The van der Waals surface area contributed by atoms with E-state index in [1.165, 1.54) is 25.7 Å². The molecule has 0 aromatic carbocycles. The Morgan fingerprint density at radius 3 is 0.750 bits per heavy atom. The van der Waals surface area contributed by atoms with Crippen LogP contribution in [0, 0.1) is 32.5 Å². The van der Waals surface area contributed by atoms with E-state index < -0.39 is 0 Å². The second kappa shape index (κ2) is 2.91. The normalized spacial score (nSPS) is 41.4. The molecule has 0 aromatic heterocycles. The molecule has 0 saturated heterocycles. The van der Waals surface area contributed by atoms with Gasteiger partial charge in [-0.25, -0.2) is 0 Å². The quantitative estimate of drug-likeness (QED) is 0.511. The molecule has 4 spiro atoms. The lowest BCUT2D eigenvalue weighted by molar-refractivity contribution is -0.287. The molecule has 0 heteroatoms. The third-order valence-electron chi connectivity index (χ3n) is 7.91. The summed E-state index contributed by atoms with van der Waals surface area (Å²) < 4.78 is 0. The van der Waals surface area contributed by atoms with Gasteiger partial charge in [-0.3, -0.25) is 0 Å². The van der Waals surface area contributed by atoms with Crippen molar-refractivity contribution in [2.45, 2.75) is 91.9 Å². The molecule has 0 N–H and O–H groups in total. The lowest BCUT2D eigenvalue weighted by Crippen LogP contribution is -2.68. The van der Waals surface area contributed by atoms with Gasteiger partial charge in [-0.05, 0) is 96.7 Å². The fourth-order valence-corrected chi connectivity index (χ4v) is 9.57. The van der Waals surface area contributed by atoms with Crippen LogP contribution in [0.15, 0.2) is 0 Å². The summed E-state index contributed by atoms with van der Waals surface area (Å²) >= 11 is 0. The van der Waals surface area contributed by atoms with Crippen molar-refractivity contribution in [1.82, 2.24) is 0 Å². The van der Waals surface area contributed by atoms with Crippen molar-refractivity contribution in [3.8, 4) is 0 Å². The van der Waals surface area contributed by atoms with Crippen LogP contribution in [0.5, 0.6) is 0 Å². The van der Waals surface area contributed by atoms with Gasteiger partial charge in [-0.15, -0.1) is 0 Å². The molecule has 5 aliphatic rings. The van der Waals surface area contributed by atoms with Crippen LogP contribution in [0.3, 0.4) is 0 Å². The fourth-order valence-electron chi connectivity index (χ4n) is 9.57. The first-order valence-corrected chi connectivity index (χ1v) is 9.07. The van der Waals surface area contributed by atoms with Gasteiger partial charge in [0, 0.05) is 0 Å². The van der Waals surface area contributed by atoms with E-state index in [1.807, 2.05) is 0 Å². The van der Waals surface area contributed by atoms with E-state index in [2.05, 4.69) is 27.7 Å². The van der Waals surface area contributed by atoms with Gasteiger partial charge in [0.15, 0.2) is 0 Å². The molecule has 112 valence electrons. The van der Waals surface area contributed by atoms with Crippen LogP contribution in [0.4, 0.5) is 0 Å². The van der Waals surface area contributed by atoms with Crippen molar-refractivity contribution in [3.05, 3.63) is 0 Å². The second-order valence-electron chi connectivity index (χ2n) is 12.1. The first-order valence-electron chi connectivity index (χ1n) is 9.07. The van der Waals surface area contributed by atoms with Crippen LogP contribution in [0.1, 0.15) is 91.9 Å². The standard InChI is InChI=1S/C20H32/c1-15(2)5-17(6-15)9-19(10-17)13-20(14-19)11-18(12-20)7-16(3,4)8-18/h5-14H2,1-4H3. The van der Waals surface area contributed by atoms with Crippen molar-refractivity contribution < 1.29 is 0 Å². The van der Waals surface area contributed by atoms with Crippen molar-refractivity contribution >= 4 is 0 Å². The zero-order valence-corrected chi connectivity index (χ0v) is 14.1. The molecule has 5 fully saturated rings. The Labute approximate surface area is 125 Å². The monoisotopic (exact) mass is 272 g/mol. The second-order valence-corrected chi connectivity index (χ2v) is 12.1. The Hall–Kier alpha value is 0. The van der Waals surface area contributed by atoms with Crippen LogP contribution >= 0.6 is 0 Å². The minimum Gasteiger partial charge on any atom is -0.0599 e. The first kappa shape index (κ1) is 12.5. The topological polar surface area (TPSA) is 0 Å². The van der Waals surface area contributed by atoms with E-state index in [0.29, 0.717) is 10.8 Å². The lowest BCUT2D eigenvalue weighted by Gasteiger charge is -2.79. The van der Waals surface area contributed by atoms with Crippen LogP contribution in [0.2, 0.25) is 0 Å². The molecule has 0 atom stereocenters. The molecule has 5 saturated carbocycles. The van der Waals surface area contributed by atoms with Gasteiger partial charge in [0.05, 0.1) is 0 Å². The summed E-state index contributed by atoms with van der Waals surface area (Å²) in [5, 5.41) is 0. The highest BCUT2D eigenvalue weighted by Gasteiger charge is 2.73. The predicted molar refractivity (Wildman–Crippen MR) is 83.5 cm³/mol. The van der Waals surface area contributed by atoms with E-state index in [0.717, 1.165) is 21.7 Å². The first-order chi connectivity index (χ1) is 9.07. The summed E-state index contributed by atoms with van der Waals surface area (Å²) in [4.78, 5) is 0. The van der Waals surface area contributed by atoms with Gasteiger partial charge in [-0.2, -0.15) is 0 Å². The average molecular weight is 272 g/mol. The largest absolute Gasteiger partial charge is 0.0599 e. The highest BCUT2D eigenvalue weighted by Crippen LogP contribution is 2.84. The molecule has 5 rings (SSSR count). The summed E-state index contributed by atoms with van der Waals surface area (Å²) in [6.07, 6.45) is 15.9. The van der Waals surface area contributed by atoms with Gasteiger partial charge in [0.2, 0.25) is 0 Å². The van der Waals surface area contributed by atoms with Crippen molar-refractivity contribution in [3.63, 3.8) is 0 Å². The summed E-state index contributed by atoms with van der Waals surface area (Å²) in [6.45, 7) is 9.89. The molecule has 0 unspecified atom stereocenters. The fraction of sp³-hybridized carbons (Fsp3) is 1.00. The molecule has 0 amide bonds. The molecule has 0 bridgehead atoms. The third kappa shape index (κ3) is 1.45. The summed E-state index contributed by atoms with van der Waals surface area (Å²) in [5.74, 6) is 0. The van der Waals surface area contributed by atoms with Crippen LogP contribution < -0.4 is 0 Å². The Kier molecular flexibility index (Phi) is 1.82. The maximum atomic E-state index is 2.47. The van der Waals surface area contributed by atoms with E-state index >= 15 is 0 Å². The smallest absolute Gasteiger partial charge is 0.0276 e. The number of rotatable bonds is 0. The Morgan fingerprint density at radius 2 is 0.550 bits per heavy atom. The number of hydrogen-bond acceptors (Lipinski definition) is 0. The molecule has 5 aliphatic carbocycles. The van der Waals surface area contributed by atoms with E-state index in [9.17, 15) is 0 Å². The van der Waals surface area contributed by atoms with Crippen molar-refractivity contribution in [1.29, 1.82) is 0 Å². The summed E-state index contributed by atoms with van der Waals surface area (Å²) in [5.41, 5.74) is 4.76.